The highest BCUT2D eigenvalue weighted by atomic mass is 16.6. The van der Waals surface area contributed by atoms with E-state index in [0.717, 1.165) is 6.20 Å². The maximum atomic E-state index is 11.8. The van der Waals surface area contributed by atoms with E-state index in [9.17, 15) is 9.59 Å². The van der Waals surface area contributed by atoms with Crippen LogP contribution >= 0.6 is 0 Å². The highest BCUT2D eigenvalue weighted by molar-refractivity contribution is 5.96. The van der Waals surface area contributed by atoms with Gasteiger partial charge in [-0.1, -0.05) is 12.1 Å². The summed E-state index contributed by atoms with van der Waals surface area (Å²) in [7, 11) is 0. The molecule has 0 atom stereocenters. The number of nitriles is 1. The van der Waals surface area contributed by atoms with Crippen LogP contribution in [-0.2, 0) is 9.53 Å². The summed E-state index contributed by atoms with van der Waals surface area (Å²) in [6.07, 6.45) is 1.13. The van der Waals surface area contributed by atoms with E-state index in [1.54, 1.807) is 39.0 Å². The largest absolute Gasteiger partial charge is 0.478 e. The molecular formula is C15H16N2O4. The Balaban J connectivity index is 2.95. The fourth-order valence-corrected chi connectivity index (χ4v) is 1.42. The minimum absolute atomic E-state index is 0.0372. The van der Waals surface area contributed by atoms with Crippen LogP contribution < -0.4 is 5.32 Å². The minimum atomic E-state index is -1.11. The van der Waals surface area contributed by atoms with Crippen LogP contribution in [0.15, 0.2) is 36.0 Å². The number of esters is 1. The highest BCUT2D eigenvalue weighted by Gasteiger charge is 2.20. The second-order valence-electron chi connectivity index (χ2n) is 5.17. The van der Waals surface area contributed by atoms with Crippen LogP contribution in [0.3, 0.4) is 0 Å². The molecule has 0 saturated carbocycles. The van der Waals surface area contributed by atoms with Gasteiger partial charge in [0.2, 0.25) is 0 Å². The highest BCUT2D eigenvalue weighted by Crippen LogP contribution is 2.16. The summed E-state index contributed by atoms with van der Waals surface area (Å²) < 4.78 is 5.07. The van der Waals surface area contributed by atoms with Crippen molar-refractivity contribution in [3.8, 4) is 6.07 Å². The number of carboxylic acids is 1. The predicted molar refractivity (Wildman–Crippen MR) is 76.6 cm³/mol. The summed E-state index contributed by atoms with van der Waals surface area (Å²) in [5, 5.41) is 20.7. The second kappa shape index (κ2) is 6.57. The number of para-hydroxylation sites is 1. The Kier molecular flexibility index (Phi) is 5.08. The Morgan fingerprint density at radius 2 is 1.95 bits per heavy atom. The van der Waals surface area contributed by atoms with Crippen LogP contribution in [-0.4, -0.2) is 22.6 Å². The number of hydrogen-bond donors (Lipinski definition) is 2. The Bertz CT molecular complexity index is 621. The van der Waals surface area contributed by atoms with Gasteiger partial charge in [0.1, 0.15) is 11.7 Å². The predicted octanol–water partition coefficient (Wildman–Crippen LogP) is 2.55. The molecule has 21 heavy (non-hydrogen) atoms. The lowest BCUT2D eigenvalue weighted by atomic mass is 10.1. The van der Waals surface area contributed by atoms with Gasteiger partial charge in [0.15, 0.2) is 5.57 Å². The SMILES string of the molecule is CC(C)(C)OC(=O)/C(C#N)=C/Nc1ccccc1C(=O)O. The van der Waals surface area contributed by atoms with Crippen molar-refractivity contribution in [2.45, 2.75) is 26.4 Å². The molecule has 0 heterocycles. The van der Waals surface area contributed by atoms with E-state index < -0.39 is 17.5 Å². The number of carbonyl (C=O) groups is 2. The minimum Gasteiger partial charge on any atom is -0.478 e. The number of aromatic carboxylic acids is 1. The topological polar surface area (TPSA) is 99.4 Å². The van der Waals surface area contributed by atoms with E-state index in [1.165, 1.54) is 12.1 Å². The zero-order chi connectivity index (χ0) is 16.0. The number of anilines is 1. The first-order chi connectivity index (χ1) is 9.74. The number of nitrogens with zero attached hydrogens (tertiary/aromatic N) is 1. The van der Waals surface area contributed by atoms with E-state index >= 15 is 0 Å². The second-order valence-corrected chi connectivity index (χ2v) is 5.17. The molecule has 0 aliphatic carbocycles. The molecular weight excluding hydrogens is 272 g/mol. The van der Waals surface area contributed by atoms with Crippen molar-refractivity contribution in [1.29, 1.82) is 5.26 Å². The maximum absolute atomic E-state index is 11.8. The number of benzene rings is 1. The maximum Gasteiger partial charge on any atom is 0.350 e. The molecule has 0 amide bonds. The lowest BCUT2D eigenvalue weighted by molar-refractivity contribution is -0.149. The van der Waals surface area contributed by atoms with Gasteiger partial charge >= 0.3 is 11.9 Å². The van der Waals surface area contributed by atoms with Crippen molar-refractivity contribution < 1.29 is 19.4 Å². The third kappa shape index (κ3) is 4.99. The summed E-state index contributed by atoms with van der Waals surface area (Å²) in [4.78, 5) is 22.8. The average Bonchev–Trinajstić information content (AvgIpc) is 2.37. The van der Waals surface area contributed by atoms with Gasteiger partial charge in [0, 0.05) is 6.20 Å². The van der Waals surface area contributed by atoms with Crippen molar-refractivity contribution in [1.82, 2.24) is 0 Å². The third-order valence-electron chi connectivity index (χ3n) is 2.27. The van der Waals surface area contributed by atoms with E-state index in [0.29, 0.717) is 0 Å². The van der Waals surface area contributed by atoms with Gasteiger partial charge in [0.05, 0.1) is 11.3 Å². The fourth-order valence-electron chi connectivity index (χ4n) is 1.42. The van der Waals surface area contributed by atoms with Crippen LogP contribution in [0.2, 0.25) is 0 Å². The fraction of sp³-hybridized carbons (Fsp3) is 0.267. The molecule has 1 aromatic carbocycles. The normalized spacial score (nSPS) is 11.4. The number of rotatable bonds is 4. The van der Waals surface area contributed by atoms with Gasteiger partial charge in [-0.25, -0.2) is 9.59 Å². The van der Waals surface area contributed by atoms with Gasteiger partial charge in [-0.2, -0.15) is 5.26 Å². The van der Waals surface area contributed by atoms with Gasteiger partial charge in [-0.3, -0.25) is 0 Å². The van der Waals surface area contributed by atoms with Crippen LogP contribution in [0.25, 0.3) is 0 Å². The zero-order valence-electron chi connectivity index (χ0n) is 12.0. The molecule has 0 fully saturated rings. The molecule has 0 aromatic heterocycles. The van der Waals surface area contributed by atoms with Crippen LogP contribution in [0.4, 0.5) is 5.69 Å². The van der Waals surface area contributed by atoms with Crippen molar-refractivity contribution in [3.05, 3.63) is 41.6 Å². The number of ether oxygens (including phenoxy) is 1. The zero-order valence-corrected chi connectivity index (χ0v) is 12.0. The molecule has 0 unspecified atom stereocenters. The van der Waals surface area contributed by atoms with Crippen LogP contribution in [0.5, 0.6) is 0 Å². The van der Waals surface area contributed by atoms with Crippen LogP contribution in [0.1, 0.15) is 31.1 Å². The lowest BCUT2D eigenvalue weighted by Gasteiger charge is -2.19. The Morgan fingerprint density at radius 1 is 1.33 bits per heavy atom. The van der Waals surface area contributed by atoms with Gasteiger partial charge < -0.3 is 15.2 Å². The van der Waals surface area contributed by atoms with Gasteiger partial charge in [-0.15, -0.1) is 0 Å². The monoisotopic (exact) mass is 288 g/mol. The van der Waals surface area contributed by atoms with E-state index in [4.69, 9.17) is 15.1 Å². The number of nitrogens with one attached hydrogen (secondary N) is 1. The molecule has 6 nitrogen and oxygen atoms in total. The quantitative estimate of drug-likeness (QED) is 0.502. The Labute approximate surface area is 122 Å². The Morgan fingerprint density at radius 3 is 2.48 bits per heavy atom. The molecule has 1 rings (SSSR count). The first kappa shape index (κ1) is 16.2. The van der Waals surface area contributed by atoms with Gasteiger partial charge in [0.25, 0.3) is 0 Å². The van der Waals surface area contributed by atoms with Crippen molar-refractivity contribution in [3.63, 3.8) is 0 Å². The molecule has 6 heteroatoms. The molecule has 1 aromatic rings. The smallest absolute Gasteiger partial charge is 0.350 e. The number of hydrogen-bond acceptors (Lipinski definition) is 5. The molecule has 0 bridgehead atoms. The standard InChI is InChI=1S/C15H16N2O4/c1-15(2,3)21-14(20)10(8-16)9-17-12-7-5-4-6-11(12)13(18)19/h4-7,9,17H,1-3H3,(H,18,19)/b10-9+. The van der Waals surface area contributed by atoms with E-state index in [-0.39, 0.29) is 16.8 Å². The molecule has 0 spiro atoms. The van der Waals surface area contributed by atoms with Crippen molar-refractivity contribution >= 4 is 17.6 Å². The van der Waals surface area contributed by atoms with E-state index in [1.807, 2.05) is 0 Å². The van der Waals surface area contributed by atoms with Gasteiger partial charge in [-0.05, 0) is 32.9 Å². The number of carboxylic acid groups (broad SMARTS) is 1. The molecule has 0 aliphatic heterocycles. The summed E-state index contributed by atoms with van der Waals surface area (Å²) in [6, 6.07) is 7.89. The molecule has 0 radical (unpaired) electrons. The molecule has 0 aliphatic rings. The van der Waals surface area contributed by atoms with E-state index in [2.05, 4.69) is 5.32 Å². The Hall–Kier alpha value is -2.81. The van der Waals surface area contributed by atoms with Crippen LogP contribution in [0, 0.1) is 11.3 Å². The average molecular weight is 288 g/mol. The molecule has 110 valence electrons. The third-order valence-corrected chi connectivity index (χ3v) is 2.27. The summed E-state index contributed by atoms with van der Waals surface area (Å²) in [6.45, 7) is 5.06. The summed E-state index contributed by atoms with van der Waals surface area (Å²) in [5.74, 6) is -1.88. The van der Waals surface area contributed by atoms with Crippen molar-refractivity contribution in [2.24, 2.45) is 0 Å². The first-order valence-electron chi connectivity index (χ1n) is 6.17. The number of carbonyl (C=O) groups excluding carboxylic acids is 1. The molecule has 2 N–H and O–H groups in total. The molecule has 0 saturated heterocycles. The summed E-state index contributed by atoms with van der Waals surface area (Å²) >= 11 is 0. The lowest BCUT2D eigenvalue weighted by Crippen LogP contribution is -2.24. The van der Waals surface area contributed by atoms with Crippen molar-refractivity contribution in [2.75, 3.05) is 5.32 Å². The first-order valence-corrected chi connectivity index (χ1v) is 6.17. The summed E-state index contributed by atoms with van der Waals surface area (Å²) in [5.41, 5.74) is -0.645.